The summed E-state index contributed by atoms with van der Waals surface area (Å²) >= 11 is 0. The van der Waals surface area contributed by atoms with Crippen LogP contribution in [0.2, 0.25) is 0 Å². The van der Waals surface area contributed by atoms with Gasteiger partial charge in [0, 0.05) is 37.9 Å². The van der Waals surface area contributed by atoms with Gasteiger partial charge in [0.15, 0.2) is 5.96 Å². The summed E-state index contributed by atoms with van der Waals surface area (Å²) < 4.78 is 41.9. The molecule has 3 rings (SSSR count). The summed E-state index contributed by atoms with van der Waals surface area (Å²) in [7, 11) is 0. The Hall–Kier alpha value is -2.97. The van der Waals surface area contributed by atoms with Crippen molar-refractivity contribution in [2.24, 2.45) is 4.99 Å². The van der Waals surface area contributed by atoms with Crippen LogP contribution in [-0.2, 0) is 13.1 Å². The molecule has 162 valence electrons. The first-order valence-electron chi connectivity index (χ1n) is 10.0. The van der Waals surface area contributed by atoms with Crippen LogP contribution in [0.25, 0.3) is 0 Å². The monoisotopic (exact) mass is 421 g/mol. The predicted octanol–water partition coefficient (Wildman–Crippen LogP) is 3.84. The van der Waals surface area contributed by atoms with Crippen LogP contribution in [0.3, 0.4) is 0 Å². The Bertz CT molecular complexity index is 851. The van der Waals surface area contributed by atoms with E-state index in [-0.39, 0.29) is 12.3 Å². The maximum absolute atomic E-state index is 12.6. The molecule has 6 nitrogen and oxygen atoms in total. The van der Waals surface area contributed by atoms with Crippen molar-refractivity contribution >= 4 is 11.8 Å². The topological polar surface area (TPSA) is 61.8 Å². The van der Waals surface area contributed by atoms with E-state index in [2.05, 4.69) is 30.2 Å². The molecule has 1 aromatic carbocycles. The minimum Gasteiger partial charge on any atom is -0.405 e. The van der Waals surface area contributed by atoms with E-state index >= 15 is 0 Å². The van der Waals surface area contributed by atoms with E-state index in [0.29, 0.717) is 24.6 Å². The van der Waals surface area contributed by atoms with Gasteiger partial charge in [0.25, 0.3) is 0 Å². The first-order chi connectivity index (χ1) is 14.4. The zero-order valence-electron chi connectivity index (χ0n) is 16.9. The highest BCUT2D eigenvalue weighted by atomic mass is 19.4. The van der Waals surface area contributed by atoms with E-state index in [1.54, 1.807) is 18.3 Å². The number of ether oxygens (including phenoxy) is 1. The number of nitrogens with one attached hydrogen (secondary N) is 2. The van der Waals surface area contributed by atoms with Gasteiger partial charge in [-0.3, -0.25) is 0 Å². The highest BCUT2D eigenvalue weighted by Crippen LogP contribution is 2.26. The van der Waals surface area contributed by atoms with Gasteiger partial charge in [0.2, 0.25) is 0 Å². The number of aliphatic imine (C=N–C) groups is 1. The van der Waals surface area contributed by atoms with Crippen LogP contribution >= 0.6 is 0 Å². The summed E-state index contributed by atoms with van der Waals surface area (Å²) in [5.41, 5.74) is 1.41. The molecule has 1 aromatic heterocycles. The SMILES string of the molecule is CCNC(=NCc1ccnc(N2CCCC2)c1)NCc1ccccc1OC(F)(F)F. The Morgan fingerprint density at radius 2 is 1.93 bits per heavy atom. The van der Waals surface area contributed by atoms with Gasteiger partial charge in [-0.05, 0) is 43.5 Å². The Morgan fingerprint density at radius 1 is 1.17 bits per heavy atom. The Kier molecular flexibility index (Phi) is 7.37. The van der Waals surface area contributed by atoms with E-state index in [9.17, 15) is 13.2 Å². The van der Waals surface area contributed by atoms with Gasteiger partial charge in [0.1, 0.15) is 11.6 Å². The lowest BCUT2D eigenvalue weighted by molar-refractivity contribution is -0.274. The molecular weight excluding hydrogens is 395 g/mol. The van der Waals surface area contributed by atoms with Crippen LogP contribution in [0.4, 0.5) is 19.0 Å². The fourth-order valence-electron chi connectivity index (χ4n) is 3.24. The van der Waals surface area contributed by atoms with Crippen molar-refractivity contribution < 1.29 is 17.9 Å². The smallest absolute Gasteiger partial charge is 0.405 e. The third-order valence-corrected chi connectivity index (χ3v) is 4.65. The van der Waals surface area contributed by atoms with E-state index in [1.807, 2.05) is 19.1 Å². The zero-order chi connectivity index (χ0) is 21.4. The van der Waals surface area contributed by atoms with Crippen molar-refractivity contribution in [1.29, 1.82) is 0 Å². The number of pyridine rings is 1. The average Bonchev–Trinajstić information content (AvgIpc) is 3.25. The maximum Gasteiger partial charge on any atom is 0.573 e. The number of anilines is 1. The van der Waals surface area contributed by atoms with E-state index in [1.165, 1.54) is 25.0 Å². The van der Waals surface area contributed by atoms with E-state index in [4.69, 9.17) is 0 Å². The lowest BCUT2D eigenvalue weighted by atomic mass is 10.2. The largest absolute Gasteiger partial charge is 0.573 e. The molecule has 0 radical (unpaired) electrons. The second kappa shape index (κ2) is 10.2. The van der Waals surface area contributed by atoms with Gasteiger partial charge in [-0.2, -0.15) is 0 Å². The third kappa shape index (κ3) is 6.53. The van der Waals surface area contributed by atoms with Crippen LogP contribution < -0.4 is 20.3 Å². The highest BCUT2D eigenvalue weighted by Gasteiger charge is 2.31. The van der Waals surface area contributed by atoms with E-state index in [0.717, 1.165) is 24.5 Å². The number of guanidine groups is 1. The minimum absolute atomic E-state index is 0.146. The number of para-hydroxylation sites is 1. The molecule has 0 atom stereocenters. The summed E-state index contributed by atoms with van der Waals surface area (Å²) in [6, 6.07) is 10.0. The standard InChI is InChI=1S/C21H26F3N5O/c1-2-25-20(28-15-17-7-3-4-8-18(17)30-21(22,23)24)27-14-16-9-10-26-19(13-16)29-11-5-6-12-29/h3-4,7-10,13H,2,5-6,11-12,14-15H2,1H3,(H2,25,27,28). The number of nitrogens with zero attached hydrogens (tertiary/aromatic N) is 3. The Balaban J connectivity index is 1.65. The van der Waals surface area contributed by atoms with Crippen LogP contribution in [-0.4, -0.2) is 36.9 Å². The number of rotatable bonds is 7. The summed E-state index contributed by atoms with van der Waals surface area (Å²) in [4.78, 5) is 11.3. The van der Waals surface area contributed by atoms with Crippen molar-refractivity contribution in [2.75, 3.05) is 24.5 Å². The van der Waals surface area contributed by atoms with E-state index < -0.39 is 6.36 Å². The van der Waals surface area contributed by atoms with Gasteiger partial charge in [-0.25, -0.2) is 9.98 Å². The minimum atomic E-state index is -4.73. The molecule has 0 saturated carbocycles. The molecule has 0 aliphatic carbocycles. The summed E-state index contributed by atoms with van der Waals surface area (Å²) in [6.07, 6.45) is -0.594. The number of hydrogen-bond acceptors (Lipinski definition) is 4. The molecule has 9 heteroatoms. The van der Waals surface area contributed by atoms with Crippen molar-refractivity contribution in [3.63, 3.8) is 0 Å². The Labute approximate surface area is 174 Å². The van der Waals surface area contributed by atoms with Gasteiger partial charge >= 0.3 is 6.36 Å². The molecule has 1 fully saturated rings. The number of benzene rings is 1. The molecule has 0 spiro atoms. The van der Waals surface area contributed by atoms with Crippen LogP contribution in [0.1, 0.15) is 30.9 Å². The first-order valence-corrected chi connectivity index (χ1v) is 10.0. The van der Waals surface area contributed by atoms with Crippen molar-refractivity contribution in [1.82, 2.24) is 15.6 Å². The number of alkyl halides is 3. The molecule has 1 aliphatic rings. The summed E-state index contributed by atoms with van der Waals surface area (Å²) in [6.45, 7) is 5.16. The first kappa shape index (κ1) is 21.7. The van der Waals surface area contributed by atoms with Crippen molar-refractivity contribution in [3.8, 4) is 5.75 Å². The molecular formula is C21H26F3N5O. The normalized spacial score (nSPS) is 14.7. The fourth-order valence-corrected chi connectivity index (χ4v) is 3.24. The lowest BCUT2D eigenvalue weighted by Gasteiger charge is -2.17. The van der Waals surface area contributed by atoms with Crippen LogP contribution in [0.15, 0.2) is 47.6 Å². The zero-order valence-corrected chi connectivity index (χ0v) is 16.9. The van der Waals surface area contributed by atoms with Gasteiger partial charge in [0.05, 0.1) is 6.54 Å². The molecule has 0 bridgehead atoms. The molecule has 1 aliphatic heterocycles. The molecule has 2 heterocycles. The quantitative estimate of drug-likeness (QED) is 0.526. The van der Waals surface area contributed by atoms with Gasteiger partial charge in [-0.1, -0.05) is 18.2 Å². The lowest BCUT2D eigenvalue weighted by Crippen LogP contribution is -2.37. The number of hydrogen-bond donors (Lipinski definition) is 2. The molecule has 2 aromatic rings. The maximum atomic E-state index is 12.6. The highest BCUT2D eigenvalue weighted by molar-refractivity contribution is 5.79. The Morgan fingerprint density at radius 3 is 2.67 bits per heavy atom. The second-order valence-electron chi connectivity index (χ2n) is 6.92. The molecule has 0 unspecified atom stereocenters. The predicted molar refractivity (Wildman–Crippen MR) is 110 cm³/mol. The average molecular weight is 421 g/mol. The van der Waals surface area contributed by atoms with Gasteiger partial charge < -0.3 is 20.3 Å². The van der Waals surface area contributed by atoms with Crippen LogP contribution in [0.5, 0.6) is 5.75 Å². The molecule has 2 N–H and O–H groups in total. The van der Waals surface area contributed by atoms with Crippen molar-refractivity contribution in [3.05, 3.63) is 53.7 Å². The summed E-state index contributed by atoms with van der Waals surface area (Å²) in [5, 5.41) is 6.18. The summed E-state index contributed by atoms with van der Waals surface area (Å²) in [5.74, 6) is 1.24. The number of aromatic nitrogens is 1. The molecule has 30 heavy (non-hydrogen) atoms. The number of halogens is 3. The van der Waals surface area contributed by atoms with Crippen LogP contribution in [0, 0.1) is 0 Å². The molecule has 0 amide bonds. The second-order valence-corrected chi connectivity index (χ2v) is 6.92. The van der Waals surface area contributed by atoms with Gasteiger partial charge in [-0.15, -0.1) is 13.2 Å². The third-order valence-electron chi connectivity index (χ3n) is 4.65. The fraction of sp³-hybridized carbons (Fsp3) is 0.429. The van der Waals surface area contributed by atoms with Crippen molar-refractivity contribution in [2.45, 2.75) is 39.2 Å². The molecule has 1 saturated heterocycles.